The van der Waals surface area contributed by atoms with Gasteiger partial charge in [0.05, 0.1) is 12.7 Å². The minimum atomic E-state index is -1.05. The molecule has 5 nitrogen and oxygen atoms in total. The number of benzene rings is 3. The van der Waals surface area contributed by atoms with Crippen LogP contribution in [0.1, 0.15) is 18.1 Å². The third-order valence-corrected chi connectivity index (χ3v) is 4.69. The van der Waals surface area contributed by atoms with Gasteiger partial charge in [-0.25, -0.2) is 4.79 Å². The van der Waals surface area contributed by atoms with E-state index in [0.717, 1.165) is 27.6 Å². The zero-order valence-corrected chi connectivity index (χ0v) is 16.2. The molecule has 0 aliphatic carbocycles. The molecule has 146 valence electrons. The highest BCUT2D eigenvalue weighted by molar-refractivity contribution is 5.86. The number of methoxy groups -OCH3 is 1. The van der Waals surface area contributed by atoms with Crippen LogP contribution in [0.4, 0.5) is 4.79 Å². The molecule has 0 heterocycles. The molecule has 0 saturated carbocycles. The zero-order valence-electron chi connectivity index (χ0n) is 16.2. The van der Waals surface area contributed by atoms with E-state index in [1.807, 2.05) is 54.6 Å². The standard InChI is InChI=1S/C23H26N2O3/c1-23(27,14-17-10-12-20(28-2)13-11-17)16-25-22(26)24-15-19-8-5-7-18-6-3-4-9-21(18)19/h3-13,27H,14-16H2,1-2H3,(H2,24,25,26). The van der Waals surface area contributed by atoms with Gasteiger partial charge in [0.2, 0.25) is 0 Å². The predicted molar refractivity (Wildman–Crippen MR) is 112 cm³/mol. The fourth-order valence-corrected chi connectivity index (χ4v) is 3.20. The highest BCUT2D eigenvalue weighted by atomic mass is 16.5. The second kappa shape index (κ2) is 8.76. The molecule has 3 aromatic carbocycles. The first-order valence-electron chi connectivity index (χ1n) is 9.30. The molecule has 0 bridgehead atoms. The Morgan fingerprint density at radius 1 is 1.00 bits per heavy atom. The van der Waals surface area contributed by atoms with Gasteiger partial charge in [-0.05, 0) is 41.0 Å². The summed E-state index contributed by atoms with van der Waals surface area (Å²) in [5.41, 5.74) is 0.979. The van der Waals surface area contributed by atoms with Gasteiger partial charge in [0.1, 0.15) is 5.75 Å². The van der Waals surface area contributed by atoms with Crippen molar-refractivity contribution in [3.8, 4) is 5.75 Å². The quantitative estimate of drug-likeness (QED) is 0.588. The fraction of sp³-hybridized carbons (Fsp3) is 0.261. The van der Waals surface area contributed by atoms with Crippen LogP contribution in [0.25, 0.3) is 10.8 Å². The minimum Gasteiger partial charge on any atom is -0.497 e. The maximum atomic E-state index is 12.2. The Morgan fingerprint density at radius 3 is 2.46 bits per heavy atom. The lowest BCUT2D eigenvalue weighted by Gasteiger charge is -2.24. The smallest absolute Gasteiger partial charge is 0.315 e. The number of carbonyl (C=O) groups is 1. The van der Waals surface area contributed by atoms with E-state index in [-0.39, 0.29) is 12.6 Å². The van der Waals surface area contributed by atoms with Crippen molar-refractivity contribution in [1.82, 2.24) is 10.6 Å². The van der Waals surface area contributed by atoms with Gasteiger partial charge in [-0.2, -0.15) is 0 Å². The summed E-state index contributed by atoms with van der Waals surface area (Å²) in [5, 5.41) is 18.5. The van der Waals surface area contributed by atoms with Crippen molar-refractivity contribution in [2.24, 2.45) is 0 Å². The van der Waals surface area contributed by atoms with Gasteiger partial charge in [-0.3, -0.25) is 0 Å². The van der Waals surface area contributed by atoms with Crippen LogP contribution in [0.2, 0.25) is 0 Å². The molecule has 0 aliphatic rings. The lowest BCUT2D eigenvalue weighted by atomic mass is 9.96. The highest BCUT2D eigenvalue weighted by Crippen LogP contribution is 2.18. The summed E-state index contributed by atoms with van der Waals surface area (Å²) in [5.74, 6) is 0.773. The van der Waals surface area contributed by atoms with Gasteiger partial charge in [0.15, 0.2) is 0 Å². The van der Waals surface area contributed by atoms with Crippen molar-refractivity contribution in [3.63, 3.8) is 0 Å². The molecule has 3 rings (SSSR count). The molecule has 28 heavy (non-hydrogen) atoms. The second-order valence-corrected chi connectivity index (χ2v) is 7.20. The summed E-state index contributed by atoms with van der Waals surface area (Å²) < 4.78 is 5.14. The maximum absolute atomic E-state index is 12.2. The predicted octanol–water partition coefficient (Wildman–Crippen LogP) is 3.64. The third kappa shape index (κ3) is 5.24. The molecule has 0 aliphatic heterocycles. The van der Waals surface area contributed by atoms with Gasteiger partial charge in [0, 0.05) is 19.5 Å². The topological polar surface area (TPSA) is 70.6 Å². The Kier molecular flexibility index (Phi) is 6.16. The normalized spacial score (nSPS) is 13.0. The van der Waals surface area contributed by atoms with Gasteiger partial charge < -0.3 is 20.5 Å². The molecule has 0 saturated heterocycles. The average molecular weight is 378 g/mol. The lowest BCUT2D eigenvalue weighted by Crippen LogP contribution is -2.45. The number of nitrogens with one attached hydrogen (secondary N) is 2. The monoisotopic (exact) mass is 378 g/mol. The molecule has 0 aromatic heterocycles. The van der Waals surface area contributed by atoms with Gasteiger partial charge in [-0.15, -0.1) is 0 Å². The van der Waals surface area contributed by atoms with Crippen LogP contribution >= 0.6 is 0 Å². The van der Waals surface area contributed by atoms with Crippen LogP contribution in [0.5, 0.6) is 5.75 Å². The van der Waals surface area contributed by atoms with Gasteiger partial charge in [0.25, 0.3) is 0 Å². The average Bonchev–Trinajstić information content (AvgIpc) is 2.71. The second-order valence-electron chi connectivity index (χ2n) is 7.20. The van der Waals surface area contributed by atoms with Crippen molar-refractivity contribution in [2.45, 2.75) is 25.5 Å². The van der Waals surface area contributed by atoms with E-state index in [0.29, 0.717) is 13.0 Å². The number of amides is 2. The van der Waals surface area contributed by atoms with Crippen LogP contribution in [-0.2, 0) is 13.0 Å². The number of hydrogen-bond acceptors (Lipinski definition) is 3. The molecule has 3 N–H and O–H groups in total. The van der Waals surface area contributed by atoms with Crippen LogP contribution in [0.3, 0.4) is 0 Å². The largest absolute Gasteiger partial charge is 0.497 e. The molecule has 5 heteroatoms. The fourth-order valence-electron chi connectivity index (χ4n) is 3.20. The number of rotatable bonds is 7. The summed E-state index contributed by atoms with van der Waals surface area (Å²) in [4.78, 5) is 12.2. The molecular formula is C23H26N2O3. The van der Waals surface area contributed by atoms with Crippen LogP contribution < -0.4 is 15.4 Å². The van der Waals surface area contributed by atoms with Gasteiger partial charge in [-0.1, -0.05) is 54.6 Å². The van der Waals surface area contributed by atoms with E-state index < -0.39 is 5.60 Å². The highest BCUT2D eigenvalue weighted by Gasteiger charge is 2.22. The summed E-state index contributed by atoms with van der Waals surface area (Å²) >= 11 is 0. The first kappa shape index (κ1) is 19.7. The first-order chi connectivity index (χ1) is 13.5. The van der Waals surface area contributed by atoms with E-state index in [2.05, 4.69) is 22.8 Å². The van der Waals surface area contributed by atoms with E-state index in [9.17, 15) is 9.90 Å². The molecule has 3 aromatic rings. The Hall–Kier alpha value is -3.05. The number of ether oxygens (including phenoxy) is 1. The number of urea groups is 1. The minimum absolute atomic E-state index is 0.153. The van der Waals surface area contributed by atoms with E-state index in [4.69, 9.17) is 4.74 Å². The van der Waals surface area contributed by atoms with E-state index in [1.165, 1.54) is 0 Å². The molecule has 0 spiro atoms. The molecular weight excluding hydrogens is 352 g/mol. The van der Waals surface area contributed by atoms with Crippen molar-refractivity contribution in [3.05, 3.63) is 77.9 Å². The van der Waals surface area contributed by atoms with Crippen molar-refractivity contribution >= 4 is 16.8 Å². The number of aliphatic hydroxyl groups is 1. The molecule has 1 unspecified atom stereocenters. The van der Waals surface area contributed by atoms with E-state index in [1.54, 1.807) is 14.0 Å². The summed E-state index contributed by atoms with van der Waals surface area (Å²) in [6, 6.07) is 21.4. The Labute approximate surface area is 165 Å². The van der Waals surface area contributed by atoms with E-state index >= 15 is 0 Å². The third-order valence-electron chi connectivity index (χ3n) is 4.69. The summed E-state index contributed by atoms with van der Waals surface area (Å²) in [6.45, 7) is 2.29. The van der Waals surface area contributed by atoms with Crippen molar-refractivity contribution in [2.75, 3.05) is 13.7 Å². The molecule has 2 amide bonds. The molecule has 1 atom stereocenters. The Bertz CT molecular complexity index is 931. The lowest BCUT2D eigenvalue weighted by molar-refractivity contribution is 0.0624. The molecule has 0 radical (unpaired) electrons. The van der Waals surface area contributed by atoms with Crippen molar-refractivity contribution in [1.29, 1.82) is 0 Å². The van der Waals surface area contributed by atoms with Crippen LogP contribution in [0, 0.1) is 0 Å². The zero-order chi connectivity index (χ0) is 20.0. The SMILES string of the molecule is COc1ccc(CC(C)(O)CNC(=O)NCc2cccc3ccccc23)cc1. The number of carbonyl (C=O) groups excluding carboxylic acids is 1. The van der Waals surface area contributed by atoms with Crippen molar-refractivity contribution < 1.29 is 14.6 Å². The first-order valence-corrected chi connectivity index (χ1v) is 9.30. The van der Waals surface area contributed by atoms with Gasteiger partial charge >= 0.3 is 6.03 Å². The summed E-state index contributed by atoms with van der Waals surface area (Å²) in [6.07, 6.45) is 0.431. The van der Waals surface area contributed by atoms with Crippen LogP contribution in [-0.4, -0.2) is 30.4 Å². The Morgan fingerprint density at radius 2 is 1.71 bits per heavy atom. The summed E-state index contributed by atoms with van der Waals surface area (Å²) in [7, 11) is 1.62. The number of hydrogen-bond donors (Lipinski definition) is 3. The Balaban J connectivity index is 1.51. The van der Waals surface area contributed by atoms with Crippen LogP contribution in [0.15, 0.2) is 66.7 Å². The molecule has 0 fully saturated rings. The maximum Gasteiger partial charge on any atom is 0.315 e. The number of fused-ring (bicyclic) bond motifs is 1.